The standard InChI is InChI=1S/C18H20N2O2S/c1-13-4-7-15(8-5-13)19-17(21)12-20(3)18(22)11-10-16-9-6-14(2)23-16/h4-11H,12H2,1-3H3,(H,19,21)/b11-10+. The van der Waals surface area contributed by atoms with Crippen LogP contribution in [0.1, 0.15) is 15.3 Å². The largest absolute Gasteiger partial charge is 0.333 e. The molecule has 0 aliphatic rings. The second-order valence-corrected chi connectivity index (χ2v) is 6.71. The van der Waals surface area contributed by atoms with Gasteiger partial charge in [-0.25, -0.2) is 0 Å². The Morgan fingerprint density at radius 3 is 2.43 bits per heavy atom. The zero-order valence-electron chi connectivity index (χ0n) is 13.5. The zero-order valence-corrected chi connectivity index (χ0v) is 14.3. The van der Waals surface area contributed by atoms with Crippen molar-refractivity contribution in [2.45, 2.75) is 13.8 Å². The molecule has 23 heavy (non-hydrogen) atoms. The van der Waals surface area contributed by atoms with Gasteiger partial charge in [-0.15, -0.1) is 11.3 Å². The second kappa shape index (κ2) is 7.74. The molecule has 4 nitrogen and oxygen atoms in total. The van der Waals surface area contributed by atoms with Crippen LogP contribution in [0.5, 0.6) is 0 Å². The molecule has 120 valence electrons. The lowest BCUT2D eigenvalue weighted by Crippen LogP contribution is -2.33. The predicted octanol–water partition coefficient (Wildman–Crippen LogP) is 3.48. The maximum absolute atomic E-state index is 12.0. The maximum atomic E-state index is 12.0. The molecule has 0 saturated heterocycles. The molecule has 1 aromatic carbocycles. The quantitative estimate of drug-likeness (QED) is 0.854. The molecule has 0 atom stereocenters. The molecule has 1 N–H and O–H groups in total. The van der Waals surface area contributed by atoms with Gasteiger partial charge in [-0.2, -0.15) is 0 Å². The Morgan fingerprint density at radius 2 is 1.83 bits per heavy atom. The molecule has 0 fully saturated rings. The van der Waals surface area contributed by atoms with Crippen LogP contribution in [0.25, 0.3) is 6.08 Å². The summed E-state index contributed by atoms with van der Waals surface area (Å²) >= 11 is 1.62. The van der Waals surface area contributed by atoms with Crippen LogP contribution in [0, 0.1) is 13.8 Å². The molecule has 2 aromatic rings. The van der Waals surface area contributed by atoms with Crippen LogP contribution in [-0.4, -0.2) is 30.3 Å². The van der Waals surface area contributed by atoms with Gasteiger partial charge in [-0.05, 0) is 44.2 Å². The van der Waals surface area contributed by atoms with Crippen molar-refractivity contribution >= 4 is 34.9 Å². The van der Waals surface area contributed by atoms with Gasteiger partial charge in [0.15, 0.2) is 0 Å². The van der Waals surface area contributed by atoms with E-state index in [1.54, 1.807) is 24.5 Å². The summed E-state index contributed by atoms with van der Waals surface area (Å²) < 4.78 is 0. The molecule has 2 rings (SSSR count). The lowest BCUT2D eigenvalue weighted by Gasteiger charge is -2.14. The van der Waals surface area contributed by atoms with Gasteiger partial charge >= 0.3 is 0 Å². The van der Waals surface area contributed by atoms with E-state index >= 15 is 0 Å². The van der Waals surface area contributed by atoms with Crippen molar-refractivity contribution in [3.8, 4) is 0 Å². The van der Waals surface area contributed by atoms with Crippen molar-refractivity contribution in [1.29, 1.82) is 0 Å². The summed E-state index contributed by atoms with van der Waals surface area (Å²) in [6, 6.07) is 11.5. The molecule has 1 heterocycles. The first-order valence-corrected chi connectivity index (χ1v) is 8.12. The molecule has 0 bridgehead atoms. The molecule has 0 unspecified atom stereocenters. The van der Waals surface area contributed by atoms with Gasteiger partial charge in [0, 0.05) is 28.6 Å². The highest BCUT2D eigenvalue weighted by atomic mass is 32.1. The van der Waals surface area contributed by atoms with Crippen molar-refractivity contribution < 1.29 is 9.59 Å². The van der Waals surface area contributed by atoms with E-state index in [9.17, 15) is 9.59 Å². The minimum absolute atomic E-state index is 0.0144. The number of carbonyl (C=O) groups is 2. The predicted molar refractivity (Wildman–Crippen MR) is 95.5 cm³/mol. The van der Waals surface area contributed by atoms with Crippen LogP contribution in [0.3, 0.4) is 0 Å². The van der Waals surface area contributed by atoms with Gasteiger partial charge in [0.1, 0.15) is 0 Å². The number of nitrogens with zero attached hydrogens (tertiary/aromatic N) is 1. The van der Waals surface area contributed by atoms with E-state index in [2.05, 4.69) is 5.32 Å². The Bertz CT molecular complexity index is 717. The third-order valence-corrected chi connectivity index (χ3v) is 4.21. The Hall–Kier alpha value is -2.40. The molecule has 0 spiro atoms. The third kappa shape index (κ3) is 5.38. The molecule has 2 amide bonds. The van der Waals surface area contributed by atoms with E-state index < -0.39 is 0 Å². The van der Waals surface area contributed by atoms with Gasteiger partial charge < -0.3 is 10.2 Å². The minimum atomic E-state index is -0.218. The van der Waals surface area contributed by atoms with E-state index in [4.69, 9.17) is 0 Å². The summed E-state index contributed by atoms with van der Waals surface area (Å²) in [4.78, 5) is 27.6. The monoisotopic (exact) mass is 328 g/mol. The first-order valence-electron chi connectivity index (χ1n) is 7.30. The SMILES string of the molecule is Cc1ccc(NC(=O)CN(C)C(=O)/C=C/c2ccc(C)s2)cc1. The van der Waals surface area contributed by atoms with Crippen molar-refractivity contribution in [2.75, 3.05) is 18.9 Å². The summed E-state index contributed by atoms with van der Waals surface area (Å²) in [7, 11) is 1.61. The molecular weight excluding hydrogens is 308 g/mol. The van der Waals surface area contributed by atoms with Gasteiger partial charge in [0.2, 0.25) is 11.8 Å². The first kappa shape index (κ1) is 17.0. The summed E-state index contributed by atoms with van der Waals surface area (Å²) in [5, 5.41) is 2.78. The van der Waals surface area contributed by atoms with Crippen molar-refractivity contribution in [1.82, 2.24) is 4.90 Å². The summed E-state index contributed by atoms with van der Waals surface area (Å²) in [5.74, 6) is -0.416. The molecule has 0 saturated carbocycles. The van der Waals surface area contributed by atoms with Crippen molar-refractivity contribution in [2.24, 2.45) is 0 Å². The second-order valence-electron chi connectivity index (χ2n) is 5.39. The van der Waals surface area contributed by atoms with Crippen molar-refractivity contribution in [3.63, 3.8) is 0 Å². The Morgan fingerprint density at radius 1 is 1.13 bits per heavy atom. The number of aryl methyl sites for hydroxylation is 2. The highest BCUT2D eigenvalue weighted by molar-refractivity contribution is 7.12. The smallest absolute Gasteiger partial charge is 0.246 e. The molecule has 0 aliphatic carbocycles. The number of hydrogen-bond donors (Lipinski definition) is 1. The van der Waals surface area contributed by atoms with Gasteiger partial charge in [0.05, 0.1) is 6.54 Å². The van der Waals surface area contributed by atoms with E-state index in [-0.39, 0.29) is 18.4 Å². The van der Waals surface area contributed by atoms with Gasteiger partial charge in [0.25, 0.3) is 0 Å². The minimum Gasteiger partial charge on any atom is -0.333 e. The number of amides is 2. The number of hydrogen-bond acceptors (Lipinski definition) is 3. The highest BCUT2D eigenvalue weighted by Gasteiger charge is 2.10. The lowest BCUT2D eigenvalue weighted by molar-refractivity contribution is -0.129. The van der Waals surface area contributed by atoms with Crippen LogP contribution in [-0.2, 0) is 9.59 Å². The van der Waals surface area contributed by atoms with Gasteiger partial charge in [-0.3, -0.25) is 9.59 Å². The third-order valence-electron chi connectivity index (χ3n) is 3.24. The number of rotatable bonds is 5. The fourth-order valence-corrected chi connectivity index (χ4v) is 2.73. The summed E-state index contributed by atoms with van der Waals surface area (Å²) in [5.41, 5.74) is 1.86. The van der Waals surface area contributed by atoms with Gasteiger partial charge in [-0.1, -0.05) is 17.7 Å². The normalized spacial score (nSPS) is 10.7. The number of likely N-dealkylation sites (N-methyl/N-ethyl adjacent to an activating group) is 1. The average Bonchev–Trinajstić information content (AvgIpc) is 2.92. The fraction of sp³-hybridized carbons (Fsp3) is 0.222. The first-order chi connectivity index (χ1) is 10.9. The molecule has 0 aliphatic heterocycles. The number of anilines is 1. The number of benzene rings is 1. The van der Waals surface area contributed by atoms with Crippen LogP contribution < -0.4 is 5.32 Å². The van der Waals surface area contributed by atoms with E-state index in [1.165, 1.54) is 15.9 Å². The molecular formula is C18H20N2O2S. The van der Waals surface area contributed by atoms with E-state index in [0.29, 0.717) is 0 Å². The lowest BCUT2D eigenvalue weighted by atomic mass is 10.2. The van der Waals surface area contributed by atoms with E-state index in [1.807, 2.05) is 50.2 Å². The number of thiophene rings is 1. The Balaban J connectivity index is 1.86. The summed E-state index contributed by atoms with van der Waals surface area (Å²) in [6.07, 6.45) is 3.26. The zero-order chi connectivity index (χ0) is 16.8. The fourth-order valence-electron chi connectivity index (χ4n) is 1.95. The van der Waals surface area contributed by atoms with Crippen LogP contribution in [0.4, 0.5) is 5.69 Å². The molecule has 5 heteroatoms. The van der Waals surface area contributed by atoms with Crippen LogP contribution in [0.2, 0.25) is 0 Å². The van der Waals surface area contributed by atoms with Crippen LogP contribution >= 0.6 is 11.3 Å². The molecule has 0 radical (unpaired) electrons. The molecule has 1 aromatic heterocycles. The highest BCUT2D eigenvalue weighted by Crippen LogP contribution is 2.16. The average molecular weight is 328 g/mol. The topological polar surface area (TPSA) is 49.4 Å². The number of carbonyl (C=O) groups excluding carboxylic acids is 2. The number of nitrogens with one attached hydrogen (secondary N) is 1. The maximum Gasteiger partial charge on any atom is 0.246 e. The summed E-state index contributed by atoms with van der Waals surface area (Å²) in [6.45, 7) is 4.02. The Labute approximate surface area is 140 Å². The van der Waals surface area contributed by atoms with Crippen molar-refractivity contribution in [3.05, 3.63) is 57.8 Å². The van der Waals surface area contributed by atoms with Crippen LogP contribution in [0.15, 0.2) is 42.5 Å². The van der Waals surface area contributed by atoms with E-state index in [0.717, 1.165) is 16.1 Å². The Kier molecular flexibility index (Phi) is 5.71.